The van der Waals surface area contributed by atoms with Crippen molar-refractivity contribution in [3.63, 3.8) is 0 Å². The molecule has 1 aromatic rings. The smallest absolute Gasteiger partial charge is 0.141 e. The number of ether oxygens (including phenoxy) is 1. The summed E-state index contributed by atoms with van der Waals surface area (Å²) in [4.78, 5) is 0. The average molecular weight is 234 g/mol. The molecule has 1 atom stereocenters. The molecular weight excluding hydrogens is 212 g/mol. The molecule has 3 nitrogen and oxygen atoms in total. The third kappa shape index (κ3) is 3.37. The van der Waals surface area contributed by atoms with Crippen LogP contribution < -0.4 is 15.4 Å². The molecule has 1 heterocycles. The molecular formula is C14H22N2O. The Morgan fingerprint density at radius 1 is 1.29 bits per heavy atom. The van der Waals surface area contributed by atoms with Crippen LogP contribution in [0.25, 0.3) is 0 Å². The molecule has 0 saturated carbocycles. The zero-order chi connectivity index (χ0) is 12.1. The Morgan fingerprint density at radius 3 is 3.00 bits per heavy atom. The van der Waals surface area contributed by atoms with E-state index in [1.165, 1.54) is 24.8 Å². The summed E-state index contributed by atoms with van der Waals surface area (Å²) in [6.45, 7) is 4.36. The van der Waals surface area contributed by atoms with Crippen molar-refractivity contribution in [1.29, 1.82) is 0 Å². The third-order valence-corrected chi connectivity index (χ3v) is 3.29. The van der Waals surface area contributed by atoms with Gasteiger partial charge in [0.15, 0.2) is 0 Å². The number of rotatable bonds is 3. The predicted octanol–water partition coefficient (Wildman–Crippen LogP) is 2.56. The first-order chi connectivity index (χ1) is 8.29. The molecule has 0 aliphatic carbocycles. The second-order valence-electron chi connectivity index (χ2n) is 4.73. The molecule has 3 heteroatoms. The summed E-state index contributed by atoms with van der Waals surface area (Å²) in [6, 6.07) is 6.84. The van der Waals surface area contributed by atoms with E-state index in [0.29, 0.717) is 6.04 Å². The van der Waals surface area contributed by atoms with Gasteiger partial charge in [-0.15, -0.1) is 0 Å². The molecule has 94 valence electrons. The van der Waals surface area contributed by atoms with Gasteiger partial charge in [-0.25, -0.2) is 0 Å². The summed E-state index contributed by atoms with van der Waals surface area (Å²) in [5, 5.41) is 7.05. The van der Waals surface area contributed by atoms with Crippen molar-refractivity contribution in [2.75, 3.05) is 25.5 Å². The van der Waals surface area contributed by atoms with Gasteiger partial charge in [-0.05, 0) is 57.0 Å². The first-order valence-electron chi connectivity index (χ1n) is 6.41. The van der Waals surface area contributed by atoms with Gasteiger partial charge in [0, 0.05) is 6.04 Å². The zero-order valence-corrected chi connectivity index (χ0v) is 10.8. The van der Waals surface area contributed by atoms with Gasteiger partial charge in [-0.3, -0.25) is 0 Å². The van der Waals surface area contributed by atoms with Gasteiger partial charge in [-0.1, -0.05) is 6.07 Å². The van der Waals surface area contributed by atoms with Crippen LogP contribution in [0.2, 0.25) is 0 Å². The van der Waals surface area contributed by atoms with E-state index in [0.717, 1.165) is 24.5 Å². The molecule has 1 aliphatic rings. The van der Waals surface area contributed by atoms with E-state index < -0.39 is 0 Å². The van der Waals surface area contributed by atoms with Gasteiger partial charge in [0.25, 0.3) is 0 Å². The zero-order valence-electron chi connectivity index (χ0n) is 10.8. The SMILES string of the molecule is COc1ccc(C)cc1NC1CCCNCC1. The van der Waals surface area contributed by atoms with Crippen LogP contribution in [0.4, 0.5) is 5.69 Å². The van der Waals surface area contributed by atoms with Crippen LogP contribution >= 0.6 is 0 Å². The summed E-state index contributed by atoms with van der Waals surface area (Å²) in [6.07, 6.45) is 3.65. The topological polar surface area (TPSA) is 33.3 Å². The van der Waals surface area contributed by atoms with Crippen molar-refractivity contribution >= 4 is 5.69 Å². The normalized spacial score (nSPS) is 20.7. The summed E-state index contributed by atoms with van der Waals surface area (Å²) < 4.78 is 5.39. The minimum absolute atomic E-state index is 0.556. The summed E-state index contributed by atoms with van der Waals surface area (Å²) in [5.74, 6) is 0.938. The predicted molar refractivity (Wildman–Crippen MR) is 71.9 cm³/mol. The molecule has 1 aromatic carbocycles. The Bertz CT molecular complexity index is 357. The lowest BCUT2D eigenvalue weighted by molar-refractivity contribution is 0.415. The standard InChI is InChI=1S/C14H22N2O/c1-11-5-6-14(17-2)13(10-11)16-12-4-3-8-15-9-7-12/h5-6,10,12,15-16H,3-4,7-9H2,1-2H3. The van der Waals surface area contributed by atoms with Crippen molar-refractivity contribution in [3.05, 3.63) is 23.8 Å². The first-order valence-corrected chi connectivity index (χ1v) is 6.41. The van der Waals surface area contributed by atoms with Gasteiger partial charge in [0.2, 0.25) is 0 Å². The highest BCUT2D eigenvalue weighted by atomic mass is 16.5. The molecule has 1 unspecified atom stereocenters. The highest BCUT2D eigenvalue weighted by molar-refractivity contribution is 5.58. The largest absolute Gasteiger partial charge is 0.495 e. The van der Waals surface area contributed by atoms with E-state index in [-0.39, 0.29) is 0 Å². The van der Waals surface area contributed by atoms with Crippen LogP contribution in [0.5, 0.6) is 5.75 Å². The molecule has 2 N–H and O–H groups in total. The van der Waals surface area contributed by atoms with Crippen LogP contribution in [0.15, 0.2) is 18.2 Å². The Balaban J connectivity index is 2.07. The van der Waals surface area contributed by atoms with Crippen LogP contribution in [0, 0.1) is 6.92 Å². The monoisotopic (exact) mass is 234 g/mol. The first kappa shape index (κ1) is 12.2. The maximum atomic E-state index is 5.39. The van der Waals surface area contributed by atoms with E-state index >= 15 is 0 Å². The minimum atomic E-state index is 0.556. The molecule has 2 rings (SSSR count). The maximum absolute atomic E-state index is 5.39. The van der Waals surface area contributed by atoms with Crippen molar-refractivity contribution < 1.29 is 4.74 Å². The Kier molecular flexibility index (Phi) is 4.26. The lowest BCUT2D eigenvalue weighted by atomic mass is 10.1. The number of hydrogen-bond acceptors (Lipinski definition) is 3. The Morgan fingerprint density at radius 2 is 2.18 bits per heavy atom. The van der Waals surface area contributed by atoms with Gasteiger partial charge < -0.3 is 15.4 Å². The van der Waals surface area contributed by atoms with E-state index in [4.69, 9.17) is 4.74 Å². The lowest BCUT2D eigenvalue weighted by Crippen LogP contribution is -2.21. The Hall–Kier alpha value is -1.22. The van der Waals surface area contributed by atoms with E-state index in [9.17, 15) is 0 Å². The van der Waals surface area contributed by atoms with Crippen LogP contribution in [-0.2, 0) is 0 Å². The van der Waals surface area contributed by atoms with Gasteiger partial charge >= 0.3 is 0 Å². The van der Waals surface area contributed by atoms with Gasteiger partial charge in [-0.2, -0.15) is 0 Å². The number of methoxy groups -OCH3 is 1. The fourth-order valence-corrected chi connectivity index (χ4v) is 2.32. The maximum Gasteiger partial charge on any atom is 0.141 e. The number of nitrogens with one attached hydrogen (secondary N) is 2. The quantitative estimate of drug-likeness (QED) is 0.843. The fraction of sp³-hybridized carbons (Fsp3) is 0.571. The van der Waals surface area contributed by atoms with E-state index in [2.05, 4.69) is 29.7 Å². The third-order valence-electron chi connectivity index (χ3n) is 3.29. The average Bonchev–Trinajstić information content (AvgIpc) is 2.58. The summed E-state index contributed by atoms with van der Waals surface area (Å²) in [7, 11) is 1.73. The molecule has 0 aromatic heterocycles. The van der Waals surface area contributed by atoms with Gasteiger partial charge in [0.05, 0.1) is 12.8 Å². The van der Waals surface area contributed by atoms with E-state index in [1.807, 2.05) is 6.07 Å². The van der Waals surface area contributed by atoms with Crippen LogP contribution in [0.1, 0.15) is 24.8 Å². The summed E-state index contributed by atoms with van der Waals surface area (Å²) in [5.41, 5.74) is 2.39. The van der Waals surface area contributed by atoms with Crippen molar-refractivity contribution in [2.45, 2.75) is 32.2 Å². The molecule has 1 aliphatic heterocycles. The molecule has 17 heavy (non-hydrogen) atoms. The van der Waals surface area contributed by atoms with Crippen molar-refractivity contribution in [2.24, 2.45) is 0 Å². The van der Waals surface area contributed by atoms with Crippen LogP contribution in [0.3, 0.4) is 0 Å². The second-order valence-corrected chi connectivity index (χ2v) is 4.73. The van der Waals surface area contributed by atoms with Gasteiger partial charge in [0.1, 0.15) is 5.75 Å². The number of benzene rings is 1. The van der Waals surface area contributed by atoms with E-state index in [1.54, 1.807) is 7.11 Å². The molecule has 0 bridgehead atoms. The molecule has 0 radical (unpaired) electrons. The van der Waals surface area contributed by atoms with Crippen molar-refractivity contribution in [3.8, 4) is 5.75 Å². The molecule has 0 amide bonds. The molecule has 1 saturated heterocycles. The molecule has 1 fully saturated rings. The lowest BCUT2D eigenvalue weighted by Gasteiger charge is -2.19. The van der Waals surface area contributed by atoms with Crippen LogP contribution in [-0.4, -0.2) is 26.2 Å². The number of anilines is 1. The summed E-state index contributed by atoms with van der Waals surface area (Å²) >= 11 is 0. The number of hydrogen-bond donors (Lipinski definition) is 2. The second kappa shape index (κ2) is 5.92. The highest BCUT2D eigenvalue weighted by Gasteiger charge is 2.13. The highest BCUT2D eigenvalue weighted by Crippen LogP contribution is 2.27. The number of aryl methyl sites for hydroxylation is 1. The minimum Gasteiger partial charge on any atom is -0.495 e. The fourth-order valence-electron chi connectivity index (χ4n) is 2.32. The van der Waals surface area contributed by atoms with Crippen molar-refractivity contribution in [1.82, 2.24) is 5.32 Å². The Labute approximate surface area is 104 Å². The molecule has 0 spiro atoms.